The van der Waals surface area contributed by atoms with E-state index in [1.54, 1.807) is 6.92 Å². The van der Waals surface area contributed by atoms with E-state index in [9.17, 15) is 31.5 Å². The first-order chi connectivity index (χ1) is 17.0. The van der Waals surface area contributed by atoms with Crippen LogP contribution in [0.4, 0.5) is 18.9 Å². The number of halogens is 3. The van der Waals surface area contributed by atoms with Crippen molar-refractivity contribution < 1.29 is 41.0 Å². The summed E-state index contributed by atoms with van der Waals surface area (Å²) in [6.07, 6.45) is -1.87. The molecule has 0 amide bonds. The zero-order valence-corrected chi connectivity index (χ0v) is 20.6. The molecule has 0 unspecified atom stereocenters. The van der Waals surface area contributed by atoms with Gasteiger partial charge in [0.15, 0.2) is 0 Å². The maximum Gasteiger partial charge on any atom is 0.416 e. The molecule has 7 nitrogen and oxygen atoms in total. The van der Waals surface area contributed by atoms with Gasteiger partial charge in [-0.05, 0) is 80.0 Å². The van der Waals surface area contributed by atoms with Crippen molar-refractivity contribution in [2.24, 2.45) is 5.92 Å². The zero-order valence-electron chi connectivity index (χ0n) is 19.8. The van der Waals surface area contributed by atoms with Gasteiger partial charge in [0.1, 0.15) is 11.3 Å². The molecule has 2 aliphatic heterocycles. The molecule has 0 bridgehead atoms. The van der Waals surface area contributed by atoms with Gasteiger partial charge in [0, 0.05) is 19.3 Å². The van der Waals surface area contributed by atoms with Crippen LogP contribution < -0.4 is 9.04 Å². The molecule has 2 aliphatic rings. The van der Waals surface area contributed by atoms with Gasteiger partial charge in [-0.3, -0.25) is 4.31 Å². The standard InChI is InChI=1S/C25H28F3NO6S/c1-2-19-5-3-17-13-18(25(26,27)28)4-7-22(17)29(19)36(32,33)20-6-8-23(21(14-20)24(30)31)35-15-16-9-11-34-12-10-16/h4,6-8,13-14,16,19H,2-3,5,9-12,15H2,1H3,(H,30,31)/t19-/m0/s1. The van der Waals surface area contributed by atoms with Gasteiger partial charge in [0.25, 0.3) is 10.0 Å². The van der Waals surface area contributed by atoms with Gasteiger partial charge in [-0.25, -0.2) is 13.2 Å². The number of ether oxygens (including phenoxy) is 2. The van der Waals surface area contributed by atoms with E-state index in [4.69, 9.17) is 9.47 Å². The van der Waals surface area contributed by atoms with E-state index >= 15 is 0 Å². The van der Waals surface area contributed by atoms with E-state index in [-0.39, 0.29) is 40.0 Å². The van der Waals surface area contributed by atoms with Crippen molar-refractivity contribution in [1.29, 1.82) is 0 Å². The molecule has 2 aromatic rings. The lowest BCUT2D eigenvalue weighted by atomic mass is 9.95. The number of fused-ring (bicyclic) bond motifs is 1. The first-order valence-electron chi connectivity index (χ1n) is 11.8. The first kappa shape index (κ1) is 26.3. The molecule has 0 saturated carbocycles. The number of benzene rings is 2. The number of hydrogen-bond donors (Lipinski definition) is 1. The van der Waals surface area contributed by atoms with Gasteiger partial charge in [0.2, 0.25) is 0 Å². The maximum absolute atomic E-state index is 13.7. The summed E-state index contributed by atoms with van der Waals surface area (Å²) in [7, 11) is -4.28. The highest BCUT2D eigenvalue weighted by Crippen LogP contribution is 2.40. The number of rotatable bonds is 7. The van der Waals surface area contributed by atoms with Gasteiger partial charge in [0.05, 0.1) is 22.8 Å². The average Bonchev–Trinajstić information content (AvgIpc) is 2.86. The van der Waals surface area contributed by atoms with Crippen molar-refractivity contribution in [1.82, 2.24) is 0 Å². The highest BCUT2D eigenvalue weighted by atomic mass is 32.2. The number of sulfonamides is 1. The highest BCUT2D eigenvalue weighted by Gasteiger charge is 2.38. The second kappa shape index (κ2) is 10.3. The van der Waals surface area contributed by atoms with E-state index < -0.39 is 33.8 Å². The minimum Gasteiger partial charge on any atom is -0.492 e. The summed E-state index contributed by atoms with van der Waals surface area (Å²) < 4.78 is 79.4. The number of hydrogen-bond acceptors (Lipinski definition) is 5. The summed E-state index contributed by atoms with van der Waals surface area (Å²) in [5.41, 5.74) is -0.667. The molecule has 0 spiro atoms. The smallest absolute Gasteiger partial charge is 0.416 e. The predicted molar refractivity (Wildman–Crippen MR) is 126 cm³/mol. The number of carbonyl (C=O) groups is 1. The monoisotopic (exact) mass is 527 g/mol. The van der Waals surface area contributed by atoms with Crippen LogP contribution in [0.1, 0.15) is 54.1 Å². The number of carboxylic acids is 1. The number of aromatic carboxylic acids is 1. The van der Waals surface area contributed by atoms with Crippen LogP contribution in [0.25, 0.3) is 0 Å². The molecule has 11 heteroatoms. The summed E-state index contributed by atoms with van der Waals surface area (Å²) in [6, 6.07) is 6.23. The van der Waals surface area contributed by atoms with Crippen molar-refractivity contribution in [2.75, 3.05) is 24.1 Å². The largest absolute Gasteiger partial charge is 0.492 e. The molecular formula is C25H28F3NO6S. The van der Waals surface area contributed by atoms with Crippen molar-refractivity contribution in [3.63, 3.8) is 0 Å². The second-order valence-electron chi connectivity index (χ2n) is 9.07. The minimum absolute atomic E-state index is 0.0637. The Morgan fingerprint density at radius 3 is 2.50 bits per heavy atom. The van der Waals surface area contributed by atoms with E-state index in [2.05, 4.69) is 0 Å². The lowest BCUT2D eigenvalue weighted by molar-refractivity contribution is -0.137. The fourth-order valence-electron chi connectivity index (χ4n) is 4.71. The Kier molecular flexibility index (Phi) is 7.51. The number of carboxylic acid groups (broad SMARTS) is 1. The molecule has 36 heavy (non-hydrogen) atoms. The van der Waals surface area contributed by atoms with E-state index in [1.165, 1.54) is 18.2 Å². The van der Waals surface area contributed by atoms with E-state index in [1.807, 2.05) is 0 Å². The molecule has 1 N–H and O–H groups in total. The van der Waals surface area contributed by atoms with E-state index in [0.29, 0.717) is 32.5 Å². The SMILES string of the molecule is CC[C@H]1CCc2cc(C(F)(F)F)ccc2N1S(=O)(=O)c1ccc(OCC2CCOCC2)c(C(=O)O)c1. The normalized spacial score (nSPS) is 19.1. The Labute approximate surface area is 207 Å². The molecule has 0 radical (unpaired) electrons. The number of aryl methyl sites for hydroxylation is 1. The Morgan fingerprint density at radius 2 is 1.86 bits per heavy atom. The molecule has 1 saturated heterocycles. The van der Waals surface area contributed by atoms with Crippen LogP contribution in [-0.4, -0.2) is 45.4 Å². The first-order valence-corrected chi connectivity index (χ1v) is 13.3. The highest BCUT2D eigenvalue weighted by molar-refractivity contribution is 7.92. The van der Waals surface area contributed by atoms with Crippen LogP contribution >= 0.6 is 0 Å². The second-order valence-corrected chi connectivity index (χ2v) is 10.9. The lowest BCUT2D eigenvalue weighted by Crippen LogP contribution is -2.43. The fraction of sp³-hybridized carbons (Fsp3) is 0.480. The number of alkyl halides is 3. The maximum atomic E-state index is 13.7. The molecular weight excluding hydrogens is 499 g/mol. The summed E-state index contributed by atoms with van der Waals surface area (Å²) in [6.45, 7) is 3.31. The quantitative estimate of drug-likeness (QED) is 0.537. The van der Waals surface area contributed by atoms with Crippen LogP contribution in [0.3, 0.4) is 0 Å². The molecule has 2 aromatic carbocycles. The van der Waals surface area contributed by atoms with Crippen LogP contribution in [0.5, 0.6) is 5.75 Å². The molecule has 1 fully saturated rings. The number of nitrogens with zero attached hydrogens (tertiary/aromatic N) is 1. The minimum atomic E-state index is -4.54. The van der Waals surface area contributed by atoms with Gasteiger partial charge >= 0.3 is 12.1 Å². The van der Waals surface area contributed by atoms with Crippen molar-refractivity contribution in [2.45, 2.75) is 56.1 Å². The van der Waals surface area contributed by atoms with Crippen LogP contribution in [0, 0.1) is 5.92 Å². The molecule has 0 aromatic heterocycles. The third-order valence-electron chi connectivity index (χ3n) is 6.75. The summed E-state index contributed by atoms with van der Waals surface area (Å²) in [5, 5.41) is 9.75. The number of anilines is 1. The summed E-state index contributed by atoms with van der Waals surface area (Å²) in [5.74, 6) is -1.07. The summed E-state index contributed by atoms with van der Waals surface area (Å²) >= 11 is 0. The average molecular weight is 528 g/mol. The Morgan fingerprint density at radius 1 is 1.14 bits per heavy atom. The Balaban J connectivity index is 1.68. The van der Waals surface area contributed by atoms with Crippen LogP contribution in [0.15, 0.2) is 41.3 Å². The lowest BCUT2D eigenvalue weighted by Gasteiger charge is -2.37. The van der Waals surface area contributed by atoms with Gasteiger partial charge in [-0.15, -0.1) is 0 Å². The zero-order chi connectivity index (χ0) is 26.1. The molecule has 2 heterocycles. The van der Waals surface area contributed by atoms with Crippen molar-refractivity contribution in [3.8, 4) is 5.75 Å². The predicted octanol–water partition coefficient (Wildman–Crippen LogP) is 5.13. The third kappa shape index (κ3) is 5.31. The third-order valence-corrected chi connectivity index (χ3v) is 8.61. The molecule has 196 valence electrons. The fourth-order valence-corrected chi connectivity index (χ4v) is 6.52. The van der Waals surface area contributed by atoms with E-state index in [0.717, 1.165) is 35.3 Å². The van der Waals surface area contributed by atoms with Crippen LogP contribution in [0.2, 0.25) is 0 Å². The topological polar surface area (TPSA) is 93.1 Å². The van der Waals surface area contributed by atoms with Crippen molar-refractivity contribution in [3.05, 3.63) is 53.1 Å². The summed E-state index contributed by atoms with van der Waals surface area (Å²) in [4.78, 5) is 11.7. The Hall–Kier alpha value is -2.79. The molecule has 1 atom stereocenters. The molecule has 0 aliphatic carbocycles. The Bertz CT molecular complexity index is 1220. The van der Waals surface area contributed by atoms with Gasteiger partial charge in [-0.1, -0.05) is 6.92 Å². The van der Waals surface area contributed by atoms with Crippen LogP contribution in [-0.2, 0) is 27.4 Å². The molecule has 4 rings (SSSR count). The van der Waals surface area contributed by atoms with Gasteiger partial charge in [-0.2, -0.15) is 13.2 Å². The van der Waals surface area contributed by atoms with Crippen molar-refractivity contribution >= 4 is 21.7 Å². The van der Waals surface area contributed by atoms with Gasteiger partial charge < -0.3 is 14.6 Å².